The Kier molecular flexibility index (Phi) is 4.99. The van der Waals surface area contributed by atoms with Crippen molar-refractivity contribution in [3.8, 4) is 5.88 Å². The topological polar surface area (TPSA) is 69.0 Å². The number of aryl methyl sites for hydroxylation is 1. The van der Waals surface area contributed by atoms with Crippen molar-refractivity contribution in [2.24, 2.45) is 5.92 Å². The minimum atomic E-state index is -0.0150. The summed E-state index contributed by atoms with van der Waals surface area (Å²) in [6.07, 6.45) is 3.05. The fourth-order valence-corrected chi connectivity index (χ4v) is 3.30. The quantitative estimate of drug-likeness (QED) is 0.856. The molecule has 7 nitrogen and oxygen atoms in total. The zero-order valence-corrected chi connectivity index (χ0v) is 14.5. The maximum Gasteiger partial charge on any atom is 0.274 e. The van der Waals surface area contributed by atoms with Crippen molar-refractivity contribution in [1.82, 2.24) is 19.5 Å². The number of ether oxygens (including phenoxy) is 2. The van der Waals surface area contributed by atoms with E-state index in [2.05, 4.69) is 10.1 Å². The Morgan fingerprint density at radius 1 is 1.29 bits per heavy atom. The third-order valence-electron chi connectivity index (χ3n) is 4.58. The first-order chi connectivity index (χ1) is 11.6. The Bertz CT molecular complexity index is 728. The molecule has 0 spiro atoms. The first kappa shape index (κ1) is 16.7. The van der Waals surface area contributed by atoms with Gasteiger partial charge >= 0.3 is 0 Å². The van der Waals surface area contributed by atoms with E-state index in [1.165, 1.54) is 0 Å². The summed E-state index contributed by atoms with van der Waals surface area (Å²) >= 11 is 0. The summed E-state index contributed by atoms with van der Waals surface area (Å²) < 4.78 is 12.0. The summed E-state index contributed by atoms with van der Waals surface area (Å²) in [5.74, 6) is 0.970. The molecule has 1 saturated heterocycles. The molecule has 1 amide bonds. The van der Waals surface area contributed by atoms with E-state index in [1.54, 1.807) is 24.8 Å². The van der Waals surface area contributed by atoms with Crippen molar-refractivity contribution in [2.75, 3.05) is 33.9 Å². The first-order valence-electron chi connectivity index (χ1n) is 8.32. The van der Waals surface area contributed by atoms with Gasteiger partial charge in [-0.25, -0.2) is 9.50 Å². The minimum absolute atomic E-state index is 0.0150. The van der Waals surface area contributed by atoms with E-state index in [1.807, 2.05) is 17.9 Å². The highest BCUT2D eigenvalue weighted by Crippen LogP contribution is 2.21. The van der Waals surface area contributed by atoms with Crippen LogP contribution in [0.5, 0.6) is 5.88 Å². The average molecular weight is 332 g/mol. The average Bonchev–Trinajstić information content (AvgIpc) is 2.75. The Labute approximate surface area is 141 Å². The number of aromatic nitrogens is 3. The van der Waals surface area contributed by atoms with E-state index in [0.717, 1.165) is 39.0 Å². The number of hydrogen-bond acceptors (Lipinski definition) is 5. The number of rotatable bonds is 4. The predicted molar refractivity (Wildman–Crippen MR) is 89.4 cm³/mol. The molecular formula is C17H24N4O3. The molecule has 3 rings (SSSR count). The van der Waals surface area contributed by atoms with Gasteiger partial charge in [0.15, 0.2) is 11.3 Å². The molecule has 24 heavy (non-hydrogen) atoms. The number of nitrogens with zero attached hydrogens (tertiary/aromatic N) is 4. The van der Waals surface area contributed by atoms with Crippen LogP contribution in [0.4, 0.5) is 0 Å². The lowest BCUT2D eigenvalue weighted by molar-refractivity contribution is 0.0746. The number of carbonyl (C=O) groups is 1. The van der Waals surface area contributed by atoms with Crippen LogP contribution in [0.2, 0.25) is 0 Å². The first-order valence-corrected chi connectivity index (χ1v) is 8.32. The van der Waals surface area contributed by atoms with Crippen LogP contribution >= 0.6 is 0 Å². The van der Waals surface area contributed by atoms with Crippen LogP contribution in [0.15, 0.2) is 12.1 Å². The Hall–Kier alpha value is -2.15. The molecule has 1 atom stereocenters. The Morgan fingerprint density at radius 2 is 2.12 bits per heavy atom. The van der Waals surface area contributed by atoms with E-state index in [4.69, 9.17) is 9.47 Å². The van der Waals surface area contributed by atoms with Crippen molar-refractivity contribution in [2.45, 2.75) is 26.2 Å². The molecule has 0 bridgehead atoms. The number of imidazole rings is 1. The number of carbonyl (C=O) groups excluding carboxylic acids is 1. The maximum atomic E-state index is 13.1. The molecule has 2 aromatic heterocycles. The normalized spacial score (nSPS) is 18.6. The fourth-order valence-electron chi connectivity index (χ4n) is 3.30. The van der Waals surface area contributed by atoms with Crippen molar-refractivity contribution >= 4 is 11.6 Å². The molecule has 1 fully saturated rings. The van der Waals surface area contributed by atoms with E-state index >= 15 is 0 Å². The van der Waals surface area contributed by atoms with Gasteiger partial charge in [-0.15, -0.1) is 5.10 Å². The third-order valence-corrected chi connectivity index (χ3v) is 4.58. The second kappa shape index (κ2) is 7.17. The van der Waals surface area contributed by atoms with Gasteiger partial charge in [0.05, 0.1) is 12.8 Å². The Balaban J connectivity index is 1.86. The second-order valence-corrected chi connectivity index (χ2v) is 6.24. The van der Waals surface area contributed by atoms with Gasteiger partial charge in [-0.3, -0.25) is 4.79 Å². The lowest BCUT2D eigenvalue weighted by Gasteiger charge is -2.20. The van der Waals surface area contributed by atoms with Gasteiger partial charge in [0.25, 0.3) is 5.91 Å². The van der Waals surface area contributed by atoms with Crippen LogP contribution in [0, 0.1) is 12.8 Å². The van der Waals surface area contributed by atoms with Crippen molar-refractivity contribution in [3.63, 3.8) is 0 Å². The van der Waals surface area contributed by atoms with Gasteiger partial charge in [0, 0.05) is 32.9 Å². The number of fused-ring (bicyclic) bond motifs is 1. The molecule has 3 heterocycles. The largest absolute Gasteiger partial charge is 0.480 e. The van der Waals surface area contributed by atoms with Crippen LogP contribution in [0.3, 0.4) is 0 Å². The molecule has 0 radical (unpaired) electrons. The van der Waals surface area contributed by atoms with Crippen LogP contribution in [-0.4, -0.2) is 59.3 Å². The molecule has 0 aliphatic carbocycles. The zero-order valence-electron chi connectivity index (χ0n) is 14.5. The summed E-state index contributed by atoms with van der Waals surface area (Å²) in [5.41, 5.74) is 1.87. The lowest BCUT2D eigenvalue weighted by atomic mass is 10.0. The zero-order chi connectivity index (χ0) is 17.1. The molecule has 1 aliphatic heterocycles. The van der Waals surface area contributed by atoms with Crippen molar-refractivity contribution in [1.29, 1.82) is 0 Å². The summed E-state index contributed by atoms with van der Waals surface area (Å²) in [4.78, 5) is 19.4. The highest BCUT2D eigenvalue weighted by molar-refractivity contribution is 5.94. The van der Waals surface area contributed by atoms with Gasteiger partial charge in [-0.05, 0) is 38.2 Å². The molecule has 2 aromatic rings. The smallest absolute Gasteiger partial charge is 0.274 e. The summed E-state index contributed by atoms with van der Waals surface area (Å²) in [7, 11) is 3.29. The van der Waals surface area contributed by atoms with Crippen LogP contribution < -0.4 is 4.74 Å². The highest BCUT2D eigenvalue weighted by Gasteiger charge is 2.26. The van der Waals surface area contributed by atoms with Crippen molar-refractivity contribution in [3.05, 3.63) is 23.5 Å². The van der Waals surface area contributed by atoms with Gasteiger partial charge < -0.3 is 14.4 Å². The van der Waals surface area contributed by atoms with Crippen LogP contribution in [-0.2, 0) is 4.74 Å². The van der Waals surface area contributed by atoms with Gasteiger partial charge in [-0.2, -0.15) is 0 Å². The summed E-state index contributed by atoms with van der Waals surface area (Å²) in [6, 6.07) is 3.56. The Morgan fingerprint density at radius 3 is 2.88 bits per heavy atom. The SMILES string of the molecule is COCC1CCCN(C(=O)c2c(C)nc3ccc(OC)nn23)CC1. The lowest BCUT2D eigenvalue weighted by Crippen LogP contribution is -2.33. The molecule has 0 N–H and O–H groups in total. The molecular weight excluding hydrogens is 308 g/mol. The van der Waals surface area contributed by atoms with Gasteiger partial charge in [0.2, 0.25) is 5.88 Å². The molecule has 7 heteroatoms. The van der Waals surface area contributed by atoms with E-state index in [0.29, 0.717) is 28.8 Å². The predicted octanol–water partition coefficient (Wildman–Crippen LogP) is 1.94. The second-order valence-electron chi connectivity index (χ2n) is 6.24. The van der Waals surface area contributed by atoms with Crippen LogP contribution in [0.1, 0.15) is 35.4 Å². The number of likely N-dealkylation sites (tertiary alicyclic amines) is 1. The molecule has 0 saturated carbocycles. The molecule has 1 unspecified atom stereocenters. The summed E-state index contributed by atoms with van der Waals surface area (Å²) in [5, 5.41) is 4.36. The monoisotopic (exact) mass is 332 g/mol. The highest BCUT2D eigenvalue weighted by atomic mass is 16.5. The number of amides is 1. The van der Waals surface area contributed by atoms with E-state index < -0.39 is 0 Å². The van der Waals surface area contributed by atoms with Crippen LogP contribution in [0.25, 0.3) is 5.65 Å². The van der Waals surface area contributed by atoms with Gasteiger partial charge in [-0.1, -0.05) is 0 Å². The summed E-state index contributed by atoms with van der Waals surface area (Å²) in [6.45, 7) is 4.11. The van der Waals surface area contributed by atoms with E-state index in [-0.39, 0.29) is 5.91 Å². The molecule has 130 valence electrons. The molecule has 0 aromatic carbocycles. The third kappa shape index (κ3) is 3.21. The van der Waals surface area contributed by atoms with Gasteiger partial charge in [0.1, 0.15) is 0 Å². The van der Waals surface area contributed by atoms with Crippen molar-refractivity contribution < 1.29 is 14.3 Å². The number of hydrogen-bond donors (Lipinski definition) is 0. The fraction of sp³-hybridized carbons (Fsp3) is 0.588. The number of methoxy groups -OCH3 is 2. The maximum absolute atomic E-state index is 13.1. The standard InChI is InChI=1S/C17H24N4O3/c1-12-16(21-14(18-12)6-7-15(19-21)24-3)17(22)20-9-4-5-13(8-10-20)11-23-2/h6-7,13H,4-5,8-11H2,1-3H3. The molecule has 1 aliphatic rings. The minimum Gasteiger partial charge on any atom is -0.480 e. The van der Waals surface area contributed by atoms with E-state index in [9.17, 15) is 4.79 Å².